The fourth-order valence-corrected chi connectivity index (χ4v) is 3.97. The van der Waals surface area contributed by atoms with Crippen LogP contribution in [0.25, 0.3) is 10.9 Å². The molecule has 1 saturated heterocycles. The summed E-state index contributed by atoms with van der Waals surface area (Å²) >= 11 is 0. The summed E-state index contributed by atoms with van der Waals surface area (Å²) in [6.45, 7) is 2.82. The van der Waals surface area contributed by atoms with E-state index in [4.69, 9.17) is 0 Å². The largest absolute Gasteiger partial charge is 0.465 e. The Bertz CT molecular complexity index is 1120. The number of fused-ring (bicyclic) bond motifs is 1. The van der Waals surface area contributed by atoms with Gasteiger partial charge in [-0.3, -0.25) is 9.48 Å². The van der Waals surface area contributed by atoms with Gasteiger partial charge < -0.3 is 20.3 Å². The van der Waals surface area contributed by atoms with Gasteiger partial charge in [0.15, 0.2) is 5.82 Å². The van der Waals surface area contributed by atoms with Crippen molar-refractivity contribution in [2.75, 3.05) is 18.4 Å². The van der Waals surface area contributed by atoms with Crippen molar-refractivity contribution in [3.63, 3.8) is 0 Å². The van der Waals surface area contributed by atoms with E-state index >= 15 is 0 Å². The molecule has 0 atom stereocenters. The highest BCUT2D eigenvalue weighted by atomic mass is 19.1. The number of pyridine rings is 2. The number of amides is 1. The SMILES string of the molecule is CCC1(n2nc(Nc3ccnc(F)c3)c3c(=O)[nH]ccc32)CCN(C(=O)O)CC1. The Hall–Kier alpha value is -3.43. The van der Waals surface area contributed by atoms with Crippen molar-refractivity contribution in [3.8, 4) is 0 Å². The summed E-state index contributed by atoms with van der Waals surface area (Å²) in [5, 5.41) is 17.3. The number of hydrogen-bond donors (Lipinski definition) is 3. The van der Waals surface area contributed by atoms with Crippen LogP contribution in [-0.2, 0) is 5.54 Å². The number of nitrogens with zero attached hydrogens (tertiary/aromatic N) is 4. The number of aromatic amines is 1. The summed E-state index contributed by atoms with van der Waals surface area (Å²) in [5.74, 6) is -0.320. The molecule has 1 fully saturated rings. The minimum atomic E-state index is -0.932. The van der Waals surface area contributed by atoms with Gasteiger partial charge in [0.25, 0.3) is 5.56 Å². The molecule has 9 nitrogen and oxygen atoms in total. The van der Waals surface area contributed by atoms with Gasteiger partial charge in [0.1, 0.15) is 5.39 Å². The van der Waals surface area contributed by atoms with Crippen LogP contribution >= 0.6 is 0 Å². The van der Waals surface area contributed by atoms with Crippen LogP contribution in [0.4, 0.5) is 20.7 Å². The first-order chi connectivity index (χ1) is 13.9. The highest BCUT2D eigenvalue weighted by molar-refractivity contribution is 5.91. The molecule has 3 aromatic heterocycles. The first-order valence-electron chi connectivity index (χ1n) is 9.41. The van der Waals surface area contributed by atoms with Crippen molar-refractivity contribution in [2.24, 2.45) is 0 Å². The van der Waals surface area contributed by atoms with Gasteiger partial charge in [-0.25, -0.2) is 9.78 Å². The van der Waals surface area contributed by atoms with E-state index in [2.05, 4.69) is 20.4 Å². The molecule has 0 saturated carbocycles. The number of rotatable bonds is 4. The molecule has 0 bridgehead atoms. The van der Waals surface area contributed by atoms with Crippen molar-refractivity contribution in [2.45, 2.75) is 31.7 Å². The molecule has 3 aromatic rings. The number of likely N-dealkylation sites (tertiary alicyclic amines) is 1. The molecule has 29 heavy (non-hydrogen) atoms. The zero-order valence-electron chi connectivity index (χ0n) is 15.9. The standard InChI is InChI=1S/C19H21FN6O3/c1-2-19(5-9-25(10-6-19)18(28)29)26-13-4-8-22-17(27)15(13)16(24-26)23-12-3-7-21-14(20)11-12/h3-4,7-8,11H,2,5-6,9-10H2,1H3,(H,22,27)(H,28,29)(H,21,23,24). The topological polar surface area (TPSA) is 116 Å². The van der Waals surface area contributed by atoms with Crippen LogP contribution in [0, 0.1) is 5.95 Å². The highest BCUT2D eigenvalue weighted by Gasteiger charge is 2.38. The van der Waals surface area contributed by atoms with Gasteiger partial charge in [0, 0.05) is 37.2 Å². The first-order valence-corrected chi connectivity index (χ1v) is 9.41. The van der Waals surface area contributed by atoms with Gasteiger partial charge in [-0.05, 0) is 31.4 Å². The fraction of sp³-hybridized carbons (Fsp3) is 0.368. The molecule has 4 heterocycles. The summed E-state index contributed by atoms with van der Waals surface area (Å²) in [7, 11) is 0. The van der Waals surface area contributed by atoms with Crippen molar-refractivity contribution in [1.82, 2.24) is 24.6 Å². The number of anilines is 2. The third-order valence-electron chi connectivity index (χ3n) is 5.67. The van der Waals surface area contributed by atoms with Gasteiger partial charge in [0.05, 0.1) is 11.1 Å². The van der Waals surface area contributed by atoms with Crippen LogP contribution in [0.3, 0.4) is 0 Å². The lowest BCUT2D eigenvalue weighted by Crippen LogP contribution is -2.47. The fourth-order valence-electron chi connectivity index (χ4n) is 3.97. The quantitative estimate of drug-likeness (QED) is 0.580. The summed E-state index contributed by atoms with van der Waals surface area (Å²) in [5.41, 5.74) is 0.358. The summed E-state index contributed by atoms with van der Waals surface area (Å²) in [6.07, 6.45) is 3.86. The molecule has 0 radical (unpaired) electrons. The van der Waals surface area contributed by atoms with E-state index in [-0.39, 0.29) is 5.56 Å². The normalized spacial score (nSPS) is 16.1. The molecule has 0 spiro atoms. The average Bonchev–Trinajstić information content (AvgIpc) is 3.08. The Morgan fingerprint density at radius 2 is 2.14 bits per heavy atom. The van der Waals surface area contributed by atoms with E-state index < -0.39 is 17.6 Å². The van der Waals surface area contributed by atoms with Crippen LogP contribution in [0.2, 0.25) is 0 Å². The number of halogens is 1. The zero-order valence-corrected chi connectivity index (χ0v) is 15.9. The van der Waals surface area contributed by atoms with E-state index in [0.29, 0.717) is 48.3 Å². The van der Waals surface area contributed by atoms with E-state index in [1.165, 1.54) is 17.2 Å². The maximum absolute atomic E-state index is 13.5. The molecule has 10 heteroatoms. The third kappa shape index (κ3) is 3.30. The molecule has 0 aromatic carbocycles. The smallest absolute Gasteiger partial charge is 0.407 e. The minimum Gasteiger partial charge on any atom is -0.465 e. The molecule has 1 aliphatic rings. The van der Waals surface area contributed by atoms with Crippen LogP contribution in [-0.4, -0.2) is 48.9 Å². The molecule has 4 rings (SSSR count). The average molecular weight is 400 g/mol. The van der Waals surface area contributed by atoms with Crippen LogP contribution in [0.15, 0.2) is 35.4 Å². The second-order valence-electron chi connectivity index (χ2n) is 7.17. The number of nitrogens with one attached hydrogen (secondary N) is 2. The van der Waals surface area contributed by atoms with Gasteiger partial charge >= 0.3 is 6.09 Å². The molecule has 0 unspecified atom stereocenters. The van der Waals surface area contributed by atoms with Gasteiger partial charge in [-0.15, -0.1) is 0 Å². The first kappa shape index (κ1) is 18.9. The minimum absolute atomic E-state index is 0.306. The molecular weight excluding hydrogens is 379 g/mol. The molecule has 3 N–H and O–H groups in total. The zero-order chi connectivity index (χ0) is 20.6. The predicted molar refractivity (Wildman–Crippen MR) is 105 cm³/mol. The maximum atomic E-state index is 13.5. The van der Waals surface area contributed by atoms with E-state index in [0.717, 1.165) is 6.42 Å². The summed E-state index contributed by atoms with van der Waals surface area (Å²) < 4.78 is 15.3. The van der Waals surface area contributed by atoms with E-state index in [1.54, 1.807) is 18.3 Å². The molecule has 152 valence electrons. The number of H-pyrrole nitrogens is 1. The summed E-state index contributed by atoms with van der Waals surface area (Å²) in [6, 6.07) is 4.60. The Labute approximate surface area is 165 Å². The number of carboxylic acid groups (broad SMARTS) is 1. The highest BCUT2D eigenvalue weighted by Crippen LogP contribution is 2.37. The summed E-state index contributed by atoms with van der Waals surface area (Å²) in [4.78, 5) is 31.4. The molecule has 0 aliphatic carbocycles. The second-order valence-corrected chi connectivity index (χ2v) is 7.17. The predicted octanol–water partition coefficient (Wildman–Crippen LogP) is 2.88. The van der Waals surface area contributed by atoms with E-state index in [9.17, 15) is 19.1 Å². The maximum Gasteiger partial charge on any atom is 0.407 e. The Morgan fingerprint density at radius 1 is 1.38 bits per heavy atom. The lowest BCUT2D eigenvalue weighted by molar-refractivity contribution is 0.0869. The monoisotopic (exact) mass is 400 g/mol. The van der Waals surface area contributed by atoms with Gasteiger partial charge in [-0.2, -0.15) is 9.49 Å². The van der Waals surface area contributed by atoms with Crippen molar-refractivity contribution in [3.05, 3.63) is 46.9 Å². The third-order valence-corrected chi connectivity index (χ3v) is 5.67. The number of hydrogen-bond acceptors (Lipinski definition) is 5. The second kappa shape index (κ2) is 7.19. The van der Waals surface area contributed by atoms with Gasteiger partial charge in [0.2, 0.25) is 5.95 Å². The Kier molecular flexibility index (Phi) is 4.69. The lowest BCUT2D eigenvalue weighted by Gasteiger charge is -2.41. The Balaban J connectivity index is 1.80. The van der Waals surface area contributed by atoms with Crippen LogP contribution in [0.5, 0.6) is 0 Å². The number of carbonyl (C=O) groups is 1. The lowest BCUT2D eigenvalue weighted by atomic mass is 9.85. The van der Waals surface area contributed by atoms with Crippen LogP contribution < -0.4 is 10.9 Å². The van der Waals surface area contributed by atoms with E-state index in [1.807, 2.05) is 11.6 Å². The van der Waals surface area contributed by atoms with Gasteiger partial charge in [-0.1, -0.05) is 6.92 Å². The number of aromatic nitrogens is 4. The molecule has 1 amide bonds. The van der Waals surface area contributed by atoms with Crippen LogP contribution in [0.1, 0.15) is 26.2 Å². The van der Waals surface area contributed by atoms with Crippen molar-refractivity contribution < 1.29 is 14.3 Å². The molecule has 1 aliphatic heterocycles. The molecular formula is C19H21FN6O3. The Morgan fingerprint density at radius 3 is 2.79 bits per heavy atom. The van der Waals surface area contributed by atoms with Crippen molar-refractivity contribution in [1.29, 1.82) is 0 Å². The number of piperidine rings is 1. The van der Waals surface area contributed by atoms with Crippen molar-refractivity contribution >= 4 is 28.5 Å².